The first-order valence-corrected chi connectivity index (χ1v) is 10.2. The SMILES string of the molecule is CO[C@H]1C(=O)N(C(C)C)[C@H]1C1CCN(C(=O)CCC2CCCC2)CC1. The van der Waals surface area contributed by atoms with Gasteiger partial charge >= 0.3 is 0 Å². The second-order valence-corrected chi connectivity index (χ2v) is 8.39. The van der Waals surface area contributed by atoms with Crippen molar-refractivity contribution in [3.05, 3.63) is 0 Å². The summed E-state index contributed by atoms with van der Waals surface area (Å²) < 4.78 is 5.44. The zero-order valence-electron chi connectivity index (χ0n) is 16.1. The van der Waals surface area contributed by atoms with Crippen LogP contribution in [-0.4, -0.2) is 60.0 Å². The van der Waals surface area contributed by atoms with Crippen molar-refractivity contribution in [2.24, 2.45) is 11.8 Å². The number of nitrogens with zero attached hydrogens (tertiary/aromatic N) is 2. The number of β-lactam (4-membered cyclic amide) rings is 1. The number of hydrogen-bond donors (Lipinski definition) is 0. The summed E-state index contributed by atoms with van der Waals surface area (Å²) in [6.45, 7) is 5.80. The molecule has 142 valence electrons. The average molecular weight is 351 g/mol. The van der Waals surface area contributed by atoms with E-state index in [0.717, 1.165) is 44.7 Å². The van der Waals surface area contributed by atoms with Crippen molar-refractivity contribution in [3.63, 3.8) is 0 Å². The predicted molar refractivity (Wildman–Crippen MR) is 97.1 cm³/mol. The van der Waals surface area contributed by atoms with Crippen LogP contribution in [0.2, 0.25) is 0 Å². The summed E-state index contributed by atoms with van der Waals surface area (Å²) in [6, 6.07) is 0.406. The Balaban J connectivity index is 1.47. The molecule has 1 aliphatic carbocycles. The Kier molecular flexibility index (Phi) is 6.03. The largest absolute Gasteiger partial charge is 0.369 e. The maximum absolute atomic E-state index is 12.5. The standard InChI is InChI=1S/C20H34N2O3/c1-14(2)22-18(19(25-3)20(22)24)16-10-12-21(13-11-16)17(23)9-8-15-6-4-5-7-15/h14-16,18-19H,4-13H2,1-3H3/t18-,19+/m0/s1. The van der Waals surface area contributed by atoms with E-state index < -0.39 is 0 Å². The predicted octanol–water partition coefficient (Wildman–Crippen LogP) is 2.83. The van der Waals surface area contributed by atoms with Crippen LogP contribution in [0.25, 0.3) is 0 Å². The summed E-state index contributed by atoms with van der Waals surface area (Å²) >= 11 is 0. The molecule has 3 aliphatic rings. The first-order valence-electron chi connectivity index (χ1n) is 10.2. The molecule has 0 aromatic carbocycles. The Morgan fingerprint density at radius 3 is 2.36 bits per heavy atom. The van der Waals surface area contributed by atoms with Gasteiger partial charge in [0, 0.05) is 32.7 Å². The molecule has 2 aliphatic heterocycles. The van der Waals surface area contributed by atoms with E-state index >= 15 is 0 Å². The fourth-order valence-corrected chi connectivity index (χ4v) is 5.09. The number of likely N-dealkylation sites (tertiary alicyclic amines) is 2. The minimum Gasteiger partial charge on any atom is -0.369 e. The van der Waals surface area contributed by atoms with Gasteiger partial charge in [0.15, 0.2) is 6.10 Å². The summed E-state index contributed by atoms with van der Waals surface area (Å²) in [5.74, 6) is 1.69. The van der Waals surface area contributed by atoms with Crippen LogP contribution in [0.4, 0.5) is 0 Å². The molecule has 0 bridgehead atoms. The molecule has 5 nitrogen and oxygen atoms in total. The van der Waals surface area contributed by atoms with Crippen LogP contribution in [0.15, 0.2) is 0 Å². The molecule has 2 atom stereocenters. The van der Waals surface area contributed by atoms with E-state index in [4.69, 9.17) is 4.74 Å². The quantitative estimate of drug-likeness (QED) is 0.692. The van der Waals surface area contributed by atoms with E-state index in [1.807, 2.05) is 9.80 Å². The van der Waals surface area contributed by atoms with E-state index in [1.54, 1.807) is 7.11 Å². The summed E-state index contributed by atoms with van der Waals surface area (Å²) in [7, 11) is 1.63. The molecule has 2 heterocycles. The third-order valence-corrected chi connectivity index (χ3v) is 6.56. The second kappa shape index (κ2) is 8.07. The maximum atomic E-state index is 12.5. The van der Waals surface area contributed by atoms with Gasteiger partial charge < -0.3 is 14.5 Å². The van der Waals surface area contributed by atoms with Crippen LogP contribution in [0.1, 0.15) is 65.2 Å². The van der Waals surface area contributed by atoms with Crippen molar-refractivity contribution in [2.75, 3.05) is 20.2 Å². The van der Waals surface area contributed by atoms with Crippen molar-refractivity contribution in [2.45, 2.75) is 83.4 Å². The zero-order chi connectivity index (χ0) is 18.0. The van der Waals surface area contributed by atoms with Gasteiger partial charge in [-0.05, 0) is 44.9 Å². The van der Waals surface area contributed by atoms with Crippen LogP contribution in [-0.2, 0) is 14.3 Å². The topological polar surface area (TPSA) is 49.9 Å². The van der Waals surface area contributed by atoms with Gasteiger partial charge in [0.1, 0.15) is 0 Å². The smallest absolute Gasteiger partial charge is 0.254 e. The van der Waals surface area contributed by atoms with Crippen LogP contribution >= 0.6 is 0 Å². The van der Waals surface area contributed by atoms with Gasteiger partial charge in [-0.1, -0.05) is 25.7 Å². The lowest BCUT2D eigenvalue weighted by Gasteiger charge is -2.53. The van der Waals surface area contributed by atoms with Gasteiger partial charge in [-0.25, -0.2) is 0 Å². The van der Waals surface area contributed by atoms with E-state index in [-0.39, 0.29) is 24.1 Å². The third kappa shape index (κ3) is 3.86. The first kappa shape index (κ1) is 18.7. The molecular formula is C20H34N2O3. The Hall–Kier alpha value is -1.10. The molecule has 0 spiro atoms. The molecule has 0 radical (unpaired) electrons. The summed E-state index contributed by atoms with van der Waals surface area (Å²) in [5.41, 5.74) is 0. The third-order valence-electron chi connectivity index (χ3n) is 6.56. The number of methoxy groups -OCH3 is 1. The number of amides is 2. The normalized spacial score (nSPS) is 28.7. The molecule has 3 rings (SSSR count). The van der Waals surface area contributed by atoms with Gasteiger partial charge in [0.2, 0.25) is 5.91 Å². The lowest BCUT2D eigenvalue weighted by molar-refractivity contribution is -0.182. The van der Waals surface area contributed by atoms with Gasteiger partial charge in [0.25, 0.3) is 5.91 Å². The van der Waals surface area contributed by atoms with E-state index in [1.165, 1.54) is 25.7 Å². The minimum atomic E-state index is -0.281. The number of hydrogen-bond acceptors (Lipinski definition) is 3. The second-order valence-electron chi connectivity index (χ2n) is 8.39. The highest BCUT2D eigenvalue weighted by Gasteiger charge is 2.52. The average Bonchev–Trinajstić information content (AvgIpc) is 3.11. The van der Waals surface area contributed by atoms with Crippen molar-refractivity contribution in [1.82, 2.24) is 9.80 Å². The fraction of sp³-hybridized carbons (Fsp3) is 0.900. The Bertz CT molecular complexity index is 479. The number of carbonyl (C=O) groups excluding carboxylic acids is 2. The summed E-state index contributed by atoms with van der Waals surface area (Å²) in [5, 5.41) is 0. The Morgan fingerprint density at radius 2 is 1.80 bits per heavy atom. The van der Waals surface area contributed by atoms with Gasteiger partial charge in [0.05, 0.1) is 6.04 Å². The van der Waals surface area contributed by atoms with Crippen LogP contribution in [0, 0.1) is 11.8 Å². The molecule has 0 unspecified atom stereocenters. The maximum Gasteiger partial charge on any atom is 0.254 e. The molecular weight excluding hydrogens is 316 g/mol. The van der Waals surface area contributed by atoms with Crippen molar-refractivity contribution in [3.8, 4) is 0 Å². The molecule has 2 saturated heterocycles. The molecule has 25 heavy (non-hydrogen) atoms. The van der Waals surface area contributed by atoms with Crippen molar-refractivity contribution in [1.29, 1.82) is 0 Å². The van der Waals surface area contributed by atoms with Gasteiger partial charge in [-0.15, -0.1) is 0 Å². The molecule has 1 saturated carbocycles. The highest BCUT2D eigenvalue weighted by molar-refractivity contribution is 5.88. The molecule has 0 N–H and O–H groups in total. The van der Waals surface area contributed by atoms with Crippen LogP contribution < -0.4 is 0 Å². The van der Waals surface area contributed by atoms with E-state index in [9.17, 15) is 9.59 Å². The Morgan fingerprint density at radius 1 is 1.16 bits per heavy atom. The fourth-order valence-electron chi connectivity index (χ4n) is 5.09. The highest BCUT2D eigenvalue weighted by Crippen LogP contribution is 2.36. The number of carbonyl (C=O) groups is 2. The highest BCUT2D eigenvalue weighted by atomic mass is 16.5. The number of piperidine rings is 1. The first-order chi connectivity index (χ1) is 12.0. The van der Waals surface area contributed by atoms with Crippen LogP contribution in [0.5, 0.6) is 0 Å². The minimum absolute atomic E-state index is 0.123. The summed E-state index contributed by atoms with van der Waals surface area (Å²) in [6.07, 6.45) is 8.79. The zero-order valence-corrected chi connectivity index (χ0v) is 16.1. The van der Waals surface area contributed by atoms with Gasteiger partial charge in [-0.2, -0.15) is 0 Å². The van der Waals surface area contributed by atoms with E-state index in [0.29, 0.717) is 11.8 Å². The molecule has 0 aromatic rings. The lowest BCUT2D eigenvalue weighted by Crippen LogP contribution is -2.70. The van der Waals surface area contributed by atoms with Crippen molar-refractivity contribution < 1.29 is 14.3 Å². The molecule has 3 fully saturated rings. The monoisotopic (exact) mass is 350 g/mol. The van der Waals surface area contributed by atoms with E-state index in [2.05, 4.69) is 13.8 Å². The summed E-state index contributed by atoms with van der Waals surface area (Å²) in [4.78, 5) is 28.7. The molecule has 0 aromatic heterocycles. The van der Waals surface area contributed by atoms with Crippen LogP contribution in [0.3, 0.4) is 0 Å². The Labute approximate surface area is 152 Å². The lowest BCUT2D eigenvalue weighted by atomic mass is 9.79. The van der Waals surface area contributed by atoms with Gasteiger partial charge in [-0.3, -0.25) is 9.59 Å². The number of rotatable bonds is 6. The van der Waals surface area contributed by atoms with Crippen molar-refractivity contribution >= 4 is 11.8 Å². The molecule has 5 heteroatoms. The number of ether oxygens (including phenoxy) is 1. The molecule has 2 amide bonds.